The third-order valence-corrected chi connectivity index (χ3v) is 1.62. The molecule has 2 heteroatoms. The van der Waals surface area contributed by atoms with Crippen LogP contribution in [0.15, 0.2) is 0 Å². The molecule has 1 atom stereocenters. The SMILES string of the molecule is CC(C)COCC(N)C(C)C. The Morgan fingerprint density at radius 2 is 1.64 bits per heavy atom. The molecule has 0 radical (unpaired) electrons. The van der Waals surface area contributed by atoms with E-state index in [0.29, 0.717) is 18.4 Å². The van der Waals surface area contributed by atoms with Crippen molar-refractivity contribution in [3.05, 3.63) is 0 Å². The lowest BCUT2D eigenvalue weighted by atomic mass is 10.1. The molecule has 0 heterocycles. The first-order chi connectivity index (χ1) is 5.04. The van der Waals surface area contributed by atoms with Gasteiger partial charge in [0.05, 0.1) is 6.61 Å². The Labute approximate surface area is 70.1 Å². The molecule has 0 aliphatic rings. The maximum absolute atomic E-state index is 5.78. The van der Waals surface area contributed by atoms with Crippen LogP contribution in [0.4, 0.5) is 0 Å². The lowest BCUT2D eigenvalue weighted by molar-refractivity contribution is 0.0891. The normalized spacial score (nSPS) is 14.5. The summed E-state index contributed by atoms with van der Waals surface area (Å²) in [6.45, 7) is 10.0. The van der Waals surface area contributed by atoms with Crippen molar-refractivity contribution in [2.75, 3.05) is 13.2 Å². The van der Waals surface area contributed by atoms with E-state index in [2.05, 4.69) is 27.7 Å². The Hall–Kier alpha value is -0.0800. The van der Waals surface area contributed by atoms with E-state index < -0.39 is 0 Å². The van der Waals surface area contributed by atoms with Gasteiger partial charge in [0.25, 0.3) is 0 Å². The Morgan fingerprint density at radius 3 is 2.00 bits per heavy atom. The molecule has 68 valence electrons. The number of hydrogen-bond donors (Lipinski definition) is 1. The Bertz CT molecular complexity index is 91.6. The first-order valence-corrected chi connectivity index (χ1v) is 4.37. The summed E-state index contributed by atoms with van der Waals surface area (Å²) >= 11 is 0. The maximum atomic E-state index is 5.78. The zero-order valence-corrected chi connectivity index (χ0v) is 8.13. The molecule has 0 rings (SSSR count). The molecule has 0 saturated carbocycles. The minimum Gasteiger partial charge on any atom is -0.380 e. The molecule has 0 saturated heterocycles. The molecular weight excluding hydrogens is 138 g/mol. The molecule has 0 aromatic heterocycles. The summed E-state index contributed by atoms with van der Waals surface area (Å²) in [5.41, 5.74) is 5.78. The van der Waals surface area contributed by atoms with Gasteiger partial charge in [-0.15, -0.1) is 0 Å². The molecule has 0 aliphatic heterocycles. The summed E-state index contributed by atoms with van der Waals surface area (Å²) in [7, 11) is 0. The van der Waals surface area contributed by atoms with Crippen LogP contribution in [0.5, 0.6) is 0 Å². The highest BCUT2D eigenvalue weighted by molar-refractivity contribution is 4.63. The number of nitrogens with two attached hydrogens (primary N) is 1. The van der Waals surface area contributed by atoms with E-state index in [1.807, 2.05) is 0 Å². The van der Waals surface area contributed by atoms with E-state index in [1.165, 1.54) is 0 Å². The molecule has 0 aromatic rings. The van der Waals surface area contributed by atoms with Crippen LogP contribution in [-0.2, 0) is 4.74 Å². The predicted octanol–water partition coefficient (Wildman–Crippen LogP) is 1.64. The zero-order valence-electron chi connectivity index (χ0n) is 8.13. The van der Waals surface area contributed by atoms with Gasteiger partial charge in [0.15, 0.2) is 0 Å². The van der Waals surface area contributed by atoms with Crippen molar-refractivity contribution < 1.29 is 4.74 Å². The molecule has 2 N–H and O–H groups in total. The summed E-state index contributed by atoms with van der Waals surface area (Å²) in [5, 5.41) is 0. The highest BCUT2D eigenvalue weighted by Gasteiger charge is 2.07. The Balaban J connectivity index is 3.24. The van der Waals surface area contributed by atoms with E-state index in [-0.39, 0.29) is 6.04 Å². The minimum atomic E-state index is 0.189. The van der Waals surface area contributed by atoms with Crippen LogP contribution in [0.2, 0.25) is 0 Å². The van der Waals surface area contributed by atoms with Crippen LogP contribution in [0.1, 0.15) is 27.7 Å². The fourth-order valence-electron chi connectivity index (χ4n) is 0.632. The highest BCUT2D eigenvalue weighted by Crippen LogP contribution is 2.00. The third kappa shape index (κ3) is 6.32. The van der Waals surface area contributed by atoms with Gasteiger partial charge in [0.2, 0.25) is 0 Å². The maximum Gasteiger partial charge on any atom is 0.0620 e. The average molecular weight is 159 g/mol. The standard InChI is InChI=1S/C9H21NO/c1-7(2)5-11-6-9(10)8(3)4/h7-9H,5-6,10H2,1-4H3. The zero-order chi connectivity index (χ0) is 8.85. The van der Waals surface area contributed by atoms with E-state index in [9.17, 15) is 0 Å². The largest absolute Gasteiger partial charge is 0.380 e. The van der Waals surface area contributed by atoms with Gasteiger partial charge in [0, 0.05) is 12.6 Å². The summed E-state index contributed by atoms with van der Waals surface area (Å²) in [5.74, 6) is 1.12. The van der Waals surface area contributed by atoms with Crippen molar-refractivity contribution in [3.8, 4) is 0 Å². The van der Waals surface area contributed by atoms with Crippen molar-refractivity contribution in [1.82, 2.24) is 0 Å². The summed E-state index contributed by atoms with van der Waals surface area (Å²) in [6, 6.07) is 0.189. The van der Waals surface area contributed by atoms with Crippen LogP contribution >= 0.6 is 0 Å². The number of ether oxygens (including phenoxy) is 1. The first-order valence-electron chi connectivity index (χ1n) is 4.37. The van der Waals surface area contributed by atoms with Gasteiger partial charge in [-0.2, -0.15) is 0 Å². The Kier molecular flexibility index (Phi) is 5.51. The molecule has 11 heavy (non-hydrogen) atoms. The fourth-order valence-corrected chi connectivity index (χ4v) is 0.632. The molecule has 0 aromatic carbocycles. The first kappa shape index (κ1) is 10.9. The second-order valence-corrected chi connectivity index (χ2v) is 3.84. The predicted molar refractivity (Wildman–Crippen MR) is 48.5 cm³/mol. The summed E-state index contributed by atoms with van der Waals surface area (Å²) in [6.07, 6.45) is 0. The molecule has 0 amide bonds. The summed E-state index contributed by atoms with van der Waals surface area (Å²) < 4.78 is 5.39. The average Bonchev–Trinajstić information content (AvgIpc) is 1.86. The monoisotopic (exact) mass is 159 g/mol. The van der Waals surface area contributed by atoms with Crippen LogP contribution in [0.25, 0.3) is 0 Å². The van der Waals surface area contributed by atoms with Crippen LogP contribution < -0.4 is 5.73 Å². The lowest BCUT2D eigenvalue weighted by Crippen LogP contribution is -2.32. The molecule has 1 unspecified atom stereocenters. The quantitative estimate of drug-likeness (QED) is 0.662. The second-order valence-electron chi connectivity index (χ2n) is 3.84. The van der Waals surface area contributed by atoms with Crippen molar-refractivity contribution in [1.29, 1.82) is 0 Å². The van der Waals surface area contributed by atoms with Crippen molar-refractivity contribution in [2.24, 2.45) is 17.6 Å². The van der Waals surface area contributed by atoms with Gasteiger partial charge in [0.1, 0.15) is 0 Å². The van der Waals surface area contributed by atoms with Gasteiger partial charge in [-0.25, -0.2) is 0 Å². The van der Waals surface area contributed by atoms with E-state index in [0.717, 1.165) is 6.61 Å². The van der Waals surface area contributed by atoms with Crippen molar-refractivity contribution >= 4 is 0 Å². The van der Waals surface area contributed by atoms with Crippen molar-refractivity contribution in [2.45, 2.75) is 33.7 Å². The molecule has 0 spiro atoms. The molecule has 0 bridgehead atoms. The second kappa shape index (κ2) is 5.56. The van der Waals surface area contributed by atoms with Gasteiger partial charge in [-0.05, 0) is 11.8 Å². The highest BCUT2D eigenvalue weighted by atomic mass is 16.5. The molecule has 0 aliphatic carbocycles. The van der Waals surface area contributed by atoms with Gasteiger partial charge >= 0.3 is 0 Å². The molecular formula is C9H21NO. The van der Waals surface area contributed by atoms with Crippen LogP contribution in [-0.4, -0.2) is 19.3 Å². The number of hydrogen-bond acceptors (Lipinski definition) is 2. The van der Waals surface area contributed by atoms with E-state index in [4.69, 9.17) is 10.5 Å². The topological polar surface area (TPSA) is 35.2 Å². The molecule has 0 fully saturated rings. The van der Waals surface area contributed by atoms with Crippen LogP contribution in [0.3, 0.4) is 0 Å². The minimum absolute atomic E-state index is 0.189. The van der Waals surface area contributed by atoms with E-state index in [1.54, 1.807) is 0 Å². The smallest absolute Gasteiger partial charge is 0.0620 e. The van der Waals surface area contributed by atoms with Gasteiger partial charge in [-0.1, -0.05) is 27.7 Å². The van der Waals surface area contributed by atoms with Gasteiger partial charge in [-0.3, -0.25) is 0 Å². The molecule has 2 nitrogen and oxygen atoms in total. The third-order valence-electron chi connectivity index (χ3n) is 1.62. The van der Waals surface area contributed by atoms with Crippen LogP contribution in [0, 0.1) is 11.8 Å². The summed E-state index contributed by atoms with van der Waals surface area (Å²) in [4.78, 5) is 0. The Morgan fingerprint density at radius 1 is 1.09 bits per heavy atom. The lowest BCUT2D eigenvalue weighted by Gasteiger charge is -2.16. The van der Waals surface area contributed by atoms with Crippen molar-refractivity contribution in [3.63, 3.8) is 0 Å². The van der Waals surface area contributed by atoms with E-state index >= 15 is 0 Å². The van der Waals surface area contributed by atoms with Gasteiger partial charge < -0.3 is 10.5 Å². The number of rotatable bonds is 5. The fraction of sp³-hybridized carbons (Fsp3) is 1.00.